The maximum Gasteiger partial charge on any atom is 0.265 e. The van der Waals surface area contributed by atoms with Crippen LogP contribution in [0.4, 0.5) is 10.8 Å². The van der Waals surface area contributed by atoms with Gasteiger partial charge in [0.15, 0.2) is 5.13 Å². The van der Waals surface area contributed by atoms with Crippen LogP contribution in [0.3, 0.4) is 0 Å². The molecule has 2 N–H and O–H groups in total. The van der Waals surface area contributed by atoms with Crippen molar-refractivity contribution >= 4 is 34.0 Å². The third kappa shape index (κ3) is 2.34. The van der Waals surface area contributed by atoms with Crippen molar-refractivity contribution in [2.45, 2.75) is 31.6 Å². The van der Waals surface area contributed by atoms with E-state index in [-0.39, 0.29) is 11.8 Å². The van der Waals surface area contributed by atoms with Gasteiger partial charge < -0.3 is 15.5 Å². The maximum atomic E-state index is 13.1. The summed E-state index contributed by atoms with van der Waals surface area (Å²) in [5, 5.41) is 0.416. The fraction of sp³-hybridized carbons (Fsp3) is 0.421. The van der Waals surface area contributed by atoms with E-state index >= 15 is 0 Å². The first-order valence-electron chi connectivity index (χ1n) is 8.90. The molecule has 136 valence electrons. The number of aromatic nitrogens is 1. The van der Waals surface area contributed by atoms with Crippen molar-refractivity contribution in [1.82, 2.24) is 9.88 Å². The second-order valence-electron chi connectivity index (χ2n) is 6.98. The molecule has 1 fully saturated rings. The largest absolute Gasteiger partial charge is 0.375 e. The Bertz CT molecular complexity index is 893. The van der Waals surface area contributed by atoms with Crippen LogP contribution in [-0.2, 0) is 16.6 Å². The number of benzene rings is 1. The van der Waals surface area contributed by atoms with E-state index in [2.05, 4.69) is 4.98 Å². The van der Waals surface area contributed by atoms with Crippen LogP contribution in [0.25, 0.3) is 0 Å². The number of fused-ring (bicyclic) bond motifs is 2. The summed E-state index contributed by atoms with van der Waals surface area (Å²) in [7, 11) is 1.82. The molecule has 2 aliphatic rings. The first kappa shape index (κ1) is 17.0. The molecule has 7 heteroatoms. The second kappa shape index (κ2) is 6.09. The number of para-hydroxylation sites is 1. The highest BCUT2D eigenvalue weighted by molar-refractivity contribution is 7.17. The van der Waals surface area contributed by atoms with Crippen LogP contribution in [0, 0.1) is 0 Å². The molecule has 2 aromatic rings. The predicted molar refractivity (Wildman–Crippen MR) is 103 cm³/mol. The Morgan fingerprint density at radius 2 is 2.15 bits per heavy atom. The monoisotopic (exact) mass is 370 g/mol. The van der Waals surface area contributed by atoms with E-state index in [0.29, 0.717) is 29.5 Å². The van der Waals surface area contributed by atoms with Gasteiger partial charge in [0.25, 0.3) is 5.91 Å². The molecule has 2 aliphatic heterocycles. The van der Waals surface area contributed by atoms with Gasteiger partial charge in [0.1, 0.15) is 4.88 Å². The van der Waals surface area contributed by atoms with Crippen LogP contribution in [0.15, 0.2) is 24.3 Å². The van der Waals surface area contributed by atoms with Gasteiger partial charge in [0.05, 0.1) is 11.1 Å². The Balaban J connectivity index is 1.70. The van der Waals surface area contributed by atoms with E-state index in [1.165, 1.54) is 11.3 Å². The average Bonchev–Trinajstić information content (AvgIpc) is 3.14. The molecule has 2 amide bonds. The number of hydrogen-bond donors (Lipinski definition) is 1. The molecule has 3 heterocycles. The number of nitrogen functional groups attached to an aromatic ring is 1. The van der Waals surface area contributed by atoms with Gasteiger partial charge in [-0.1, -0.05) is 36.5 Å². The molecular weight excluding hydrogens is 348 g/mol. The van der Waals surface area contributed by atoms with Gasteiger partial charge in [0, 0.05) is 25.8 Å². The van der Waals surface area contributed by atoms with Crippen molar-refractivity contribution in [2.75, 3.05) is 30.8 Å². The lowest BCUT2D eigenvalue weighted by Crippen LogP contribution is -2.53. The number of hydrogen-bond acceptors (Lipinski definition) is 5. The molecule has 1 spiro atoms. The lowest BCUT2D eigenvalue weighted by Gasteiger charge is -2.39. The maximum absolute atomic E-state index is 13.1. The van der Waals surface area contributed by atoms with E-state index in [1.54, 1.807) is 4.90 Å². The minimum atomic E-state index is -0.637. The van der Waals surface area contributed by atoms with Gasteiger partial charge >= 0.3 is 0 Å². The number of nitrogens with two attached hydrogens (primary N) is 1. The Morgan fingerprint density at radius 3 is 2.92 bits per heavy atom. The molecule has 4 rings (SSSR count). The van der Waals surface area contributed by atoms with E-state index in [1.807, 2.05) is 43.1 Å². The third-order valence-corrected chi connectivity index (χ3v) is 6.43. The van der Waals surface area contributed by atoms with Crippen LogP contribution < -0.4 is 10.6 Å². The topological polar surface area (TPSA) is 79.5 Å². The summed E-state index contributed by atoms with van der Waals surface area (Å²) in [5.41, 5.74) is 7.90. The first-order chi connectivity index (χ1) is 12.5. The third-order valence-electron chi connectivity index (χ3n) is 5.52. The Morgan fingerprint density at radius 1 is 1.38 bits per heavy atom. The van der Waals surface area contributed by atoms with Crippen molar-refractivity contribution < 1.29 is 9.59 Å². The van der Waals surface area contributed by atoms with Gasteiger partial charge in [-0.2, -0.15) is 0 Å². The van der Waals surface area contributed by atoms with Crippen LogP contribution in [0.2, 0.25) is 0 Å². The SMILES string of the molecule is CCc1nc(N)sc1C(=O)N1CCCC2(C1)C(=O)N(C)c1ccccc12. The Kier molecular flexibility index (Phi) is 3.99. The van der Waals surface area contributed by atoms with Crippen molar-refractivity contribution in [3.05, 3.63) is 40.4 Å². The minimum absolute atomic E-state index is 0.0602. The van der Waals surface area contributed by atoms with Crippen molar-refractivity contribution in [3.8, 4) is 0 Å². The zero-order chi connectivity index (χ0) is 18.5. The number of thiazole rings is 1. The van der Waals surface area contributed by atoms with Crippen LogP contribution >= 0.6 is 11.3 Å². The highest BCUT2D eigenvalue weighted by Gasteiger charge is 2.52. The number of likely N-dealkylation sites (N-methyl/N-ethyl adjacent to an activating group) is 1. The lowest BCUT2D eigenvalue weighted by molar-refractivity contribution is -0.124. The first-order valence-corrected chi connectivity index (χ1v) is 9.71. The van der Waals surface area contributed by atoms with Crippen LogP contribution in [0.1, 0.15) is 40.7 Å². The van der Waals surface area contributed by atoms with Crippen molar-refractivity contribution in [3.63, 3.8) is 0 Å². The predicted octanol–water partition coefficient (Wildman–Crippen LogP) is 2.44. The lowest BCUT2D eigenvalue weighted by atomic mass is 9.75. The second-order valence-corrected chi connectivity index (χ2v) is 8.01. The van der Waals surface area contributed by atoms with Crippen molar-refractivity contribution in [2.24, 2.45) is 0 Å². The minimum Gasteiger partial charge on any atom is -0.375 e. The van der Waals surface area contributed by atoms with Gasteiger partial charge in [-0.3, -0.25) is 9.59 Å². The van der Waals surface area contributed by atoms with Gasteiger partial charge in [-0.25, -0.2) is 4.98 Å². The number of rotatable bonds is 2. The zero-order valence-electron chi connectivity index (χ0n) is 15.0. The molecule has 1 atom stereocenters. The van der Waals surface area contributed by atoms with Gasteiger partial charge in [0.2, 0.25) is 5.91 Å². The number of piperidine rings is 1. The number of amides is 2. The van der Waals surface area contributed by atoms with E-state index in [9.17, 15) is 9.59 Å². The number of likely N-dealkylation sites (tertiary alicyclic amines) is 1. The molecule has 0 saturated carbocycles. The van der Waals surface area contributed by atoms with Crippen LogP contribution in [-0.4, -0.2) is 41.8 Å². The number of carbonyl (C=O) groups is 2. The van der Waals surface area contributed by atoms with Gasteiger partial charge in [-0.05, 0) is 30.9 Å². The normalized spacial score (nSPS) is 22.2. The zero-order valence-corrected chi connectivity index (χ0v) is 15.8. The summed E-state index contributed by atoms with van der Waals surface area (Å²) in [6, 6.07) is 7.91. The summed E-state index contributed by atoms with van der Waals surface area (Å²) in [6.45, 7) is 3.03. The van der Waals surface area contributed by atoms with Crippen LogP contribution in [0.5, 0.6) is 0 Å². The molecule has 1 aromatic carbocycles. The summed E-state index contributed by atoms with van der Waals surface area (Å²) in [4.78, 5) is 34.7. The Hall–Kier alpha value is -2.41. The fourth-order valence-electron chi connectivity index (χ4n) is 4.26. The molecule has 26 heavy (non-hydrogen) atoms. The van der Waals surface area contributed by atoms with E-state index in [4.69, 9.17) is 5.73 Å². The summed E-state index contributed by atoms with van der Waals surface area (Å²) >= 11 is 1.24. The molecule has 6 nitrogen and oxygen atoms in total. The van der Waals surface area contributed by atoms with E-state index < -0.39 is 5.41 Å². The molecule has 0 bridgehead atoms. The molecule has 1 saturated heterocycles. The number of anilines is 2. The molecule has 1 unspecified atom stereocenters. The Labute approximate surface area is 156 Å². The smallest absolute Gasteiger partial charge is 0.265 e. The number of carbonyl (C=O) groups excluding carboxylic acids is 2. The number of nitrogens with zero attached hydrogens (tertiary/aromatic N) is 3. The molecule has 0 aliphatic carbocycles. The quantitative estimate of drug-likeness (QED) is 0.881. The summed E-state index contributed by atoms with van der Waals surface area (Å²) < 4.78 is 0. The summed E-state index contributed by atoms with van der Waals surface area (Å²) in [6.07, 6.45) is 2.23. The standard InChI is InChI=1S/C19H22N4O2S/c1-3-13-15(26-18(20)21-13)16(24)23-10-6-9-19(11-23)12-7-4-5-8-14(12)22(2)17(19)25/h4-5,7-8H,3,6,9-11H2,1-2H3,(H2,20,21). The van der Waals surface area contributed by atoms with Gasteiger partial charge in [-0.15, -0.1) is 0 Å². The average molecular weight is 370 g/mol. The molecule has 0 radical (unpaired) electrons. The highest BCUT2D eigenvalue weighted by atomic mass is 32.1. The van der Waals surface area contributed by atoms with Crippen molar-refractivity contribution in [1.29, 1.82) is 0 Å². The number of aryl methyl sites for hydroxylation is 1. The molecule has 1 aromatic heterocycles. The highest BCUT2D eigenvalue weighted by Crippen LogP contribution is 2.46. The van der Waals surface area contributed by atoms with E-state index in [0.717, 1.165) is 29.8 Å². The summed E-state index contributed by atoms with van der Waals surface area (Å²) in [5.74, 6) is 0.0192. The molecular formula is C19H22N4O2S. The fourth-order valence-corrected chi connectivity index (χ4v) is 5.15.